The molecule has 6 nitrogen and oxygen atoms in total. The van der Waals surface area contributed by atoms with Gasteiger partial charge in [-0.3, -0.25) is 9.78 Å². The number of amides is 1. The fraction of sp³-hybridized carbons (Fsp3) is 0.273. The maximum atomic E-state index is 13.5. The zero-order valence-corrected chi connectivity index (χ0v) is 17.2. The quantitative estimate of drug-likeness (QED) is 0.713. The summed E-state index contributed by atoms with van der Waals surface area (Å²) in [7, 11) is -3.86. The SMILES string of the molecule is Cc1cccc(C)c1NC(=O)[C@@H]1CCCN1S(=O)(=O)c1cccc2cccnc12. The number of aryl methyl sites for hydroxylation is 2. The van der Waals surface area contributed by atoms with Crippen molar-refractivity contribution < 1.29 is 13.2 Å². The fourth-order valence-corrected chi connectivity index (χ4v) is 5.74. The van der Waals surface area contributed by atoms with E-state index in [-0.39, 0.29) is 10.8 Å². The molecule has 150 valence electrons. The van der Waals surface area contributed by atoms with Gasteiger partial charge in [-0.05, 0) is 49.9 Å². The van der Waals surface area contributed by atoms with E-state index in [0.717, 1.165) is 22.2 Å². The molecule has 1 aromatic heterocycles. The van der Waals surface area contributed by atoms with E-state index in [9.17, 15) is 13.2 Å². The number of benzene rings is 2. The van der Waals surface area contributed by atoms with Crippen LogP contribution in [0.5, 0.6) is 0 Å². The average Bonchev–Trinajstić information content (AvgIpc) is 3.21. The second-order valence-corrected chi connectivity index (χ2v) is 9.22. The number of fused-ring (bicyclic) bond motifs is 1. The standard InChI is InChI=1S/C22H23N3O3S/c1-15-7-3-8-16(2)20(15)24-22(26)18-11-6-14-25(18)29(27,28)19-12-4-9-17-10-5-13-23-21(17)19/h3-5,7-10,12-13,18H,6,11,14H2,1-2H3,(H,24,26)/t18-/m0/s1. The second-order valence-electron chi connectivity index (χ2n) is 7.36. The predicted molar refractivity (Wildman–Crippen MR) is 113 cm³/mol. The van der Waals surface area contributed by atoms with E-state index < -0.39 is 16.1 Å². The van der Waals surface area contributed by atoms with Crippen molar-refractivity contribution in [3.8, 4) is 0 Å². The normalized spacial score (nSPS) is 17.5. The number of sulfonamides is 1. The summed E-state index contributed by atoms with van der Waals surface area (Å²) in [5.41, 5.74) is 3.07. The zero-order valence-electron chi connectivity index (χ0n) is 16.4. The van der Waals surface area contributed by atoms with Gasteiger partial charge in [0.25, 0.3) is 0 Å². The lowest BCUT2D eigenvalue weighted by molar-refractivity contribution is -0.119. The lowest BCUT2D eigenvalue weighted by Crippen LogP contribution is -2.43. The maximum absolute atomic E-state index is 13.5. The number of para-hydroxylation sites is 2. The van der Waals surface area contributed by atoms with Crippen LogP contribution in [-0.2, 0) is 14.8 Å². The van der Waals surface area contributed by atoms with E-state index in [1.807, 2.05) is 44.2 Å². The molecular weight excluding hydrogens is 386 g/mol. The highest BCUT2D eigenvalue weighted by Gasteiger charge is 2.40. The van der Waals surface area contributed by atoms with E-state index >= 15 is 0 Å². The first-order valence-corrected chi connectivity index (χ1v) is 11.1. The van der Waals surface area contributed by atoms with Crippen LogP contribution in [0.1, 0.15) is 24.0 Å². The van der Waals surface area contributed by atoms with E-state index in [0.29, 0.717) is 24.9 Å². The molecule has 29 heavy (non-hydrogen) atoms. The molecule has 4 rings (SSSR count). The number of aromatic nitrogens is 1. The molecule has 1 aliphatic rings. The molecule has 3 aromatic rings. The van der Waals surface area contributed by atoms with Crippen LogP contribution in [0.15, 0.2) is 59.6 Å². The Morgan fingerprint density at radius 2 is 1.76 bits per heavy atom. The highest BCUT2D eigenvalue weighted by molar-refractivity contribution is 7.89. The summed E-state index contributed by atoms with van der Waals surface area (Å²) in [6.07, 6.45) is 2.72. The summed E-state index contributed by atoms with van der Waals surface area (Å²) < 4.78 is 28.2. The Morgan fingerprint density at radius 1 is 1.07 bits per heavy atom. The minimum atomic E-state index is -3.86. The van der Waals surface area contributed by atoms with Gasteiger partial charge in [-0.15, -0.1) is 0 Å². The van der Waals surface area contributed by atoms with Crippen LogP contribution in [0.3, 0.4) is 0 Å². The first kappa shape index (κ1) is 19.5. The first-order valence-electron chi connectivity index (χ1n) is 9.62. The molecule has 1 N–H and O–H groups in total. The Morgan fingerprint density at radius 3 is 2.52 bits per heavy atom. The van der Waals surface area contributed by atoms with Crippen LogP contribution >= 0.6 is 0 Å². The van der Waals surface area contributed by atoms with E-state index in [1.165, 1.54) is 4.31 Å². The van der Waals surface area contributed by atoms with Gasteiger partial charge in [0.2, 0.25) is 15.9 Å². The number of nitrogens with zero attached hydrogens (tertiary/aromatic N) is 2. The first-order chi connectivity index (χ1) is 13.9. The van der Waals surface area contributed by atoms with Gasteiger partial charge in [-0.1, -0.05) is 36.4 Å². The van der Waals surface area contributed by atoms with Gasteiger partial charge in [0, 0.05) is 23.8 Å². The molecule has 1 aliphatic heterocycles. The maximum Gasteiger partial charge on any atom is 0.245 e. The third-order valence-electron chi connectivity index (χ3n) is 5.42. The molecular formula is C22H23N3O3S. The van der Waals surface area contributed by atoms with Crippen LogP contribution in [0.4, 0.5) is 5.69 Å². The minimum Gasteiger partial charge on any atom is -0.324 e. The van der Waals surface area contributed by atoms with Gasteiger partial charge in [0.1, 0.15) is 10.9 Å². The third kappa shape index (κ3) is 3.52. The van der Waals surface area contributed by atoms with Crippen molar-refractivity contribution in [3.63, 3.8) is 0 Å². The van der Waals surface area contributed by atoms with Crippen molar-refractivity contribution in [2.45, 2.75) is 37.6 Å². The van der Waals surface area contributed by atoms with Crippen molar-refractivity contribution in [2.24, 2.45) is 0 Å². The number of hydrogen-bond donors (Lipinski definition) is 1. The van der Waals surface area contributed by atoms with Crippen LogP contribution in [0, 0.1) is 13.8 Å². The monoisotopic (exact) mass is 409 g/mol. The Hall–Kier alpha value is -2.77. The molecule has 0 bridgehead atoms. The second kappa shape index (κ2) is 7.57. The number of hydrogen-bond acceptors (Lipinski definition) is 4. The number of nitrogens with one attached hydrogen (secondary N) is 1. The van der Waals surface area contributed by atoms with Crippen molar-refractivity contribution in [1.29, 1.82) is 0 Å². The molecule has 1 atom stereocenters. The van der Waals surface area contributed by atoms with E-state index in [2.05, 4.69) is 10.3 Å². The smallest absolute Gasteiger partial charge is 0.245 e. The highest BCUT2D eigenvalue weighted by Crippen LogP contribution is 2.31. The summed E-state index contributed by atoms with van der Waals surface area (Å²) in [5.74, 6) is -0.295. The number of anilines is 1. The number of carbonyl (C=O) groups is 1. The molecule has 2 aromatic carbocycles. The Labute approximate surface area is 170 Å². The molecule has 0 radical (unpaired) electrons. The Kier molecular flexibility index (Phi) is 5.10. The van der Waals surface area contributed by atoms with Gasteiger partial charge in [-0.2, -0.15) is 4.31 Å². The Balaban J connectivity index is 1.68. The van der Waals surface area contributed by atoms with Crippen LogP contribution in [0.2, 0.25) is 0 Å². The number of carbonyl (C=O) groups excluding carboxylic acids is 1. The van der Waals surface area contributed by atoms with Gasteiger partial charge < -0.3 is 5.32 Å². The van der Waals surface area contributed by atoms with Gasteiger partial charge in [-0.25, -0.2) is 8.42 Å². The lowest BCUT2D eigenvalue weighted by Gasteiger charge is -2.24. The van der Waals surface area contributed by atoms with Gasteiger partial charge in [0.05, 0.1) is 5.52 Å². The molecule has 0 unspecified atom stereocenters. The van der Waals surface area contributed by atoms with Crippen molar-refractivity contribution in [2.75, 3.05) is 11.9 Å². The fourth-order valence-electron chi connectivity index (χ4n) is 3.92. The zero-order chi connectivity index (χ0) is 20.6. The van der Waals surface area contributed by atoms with Crippen LogP contribution in [-0.4, -0.2) is 36.2 Å². The average molecular weight is 410 g/mol. The molecule has 1 fully saturated rings. The predicted octanol–water partition coefficient (Wildman–Crippen LogP) is 3.64. The van der Waals surface area contributed by atoms with Gasteiger partial charge >= 0.3 is 0 Å². The van der Waals surface area contributed by atoms with Crippen molar-refractivity contribution in [3.05, 3.63) is 65.9 Å². The summed E-state index contributed by atoms with van der Waals surface area (Å²) in [6.45, 7) is 4.16. The summed E-state index contributed by atoms with van der Waals surface area (Å²) >= 11 is 0. The van der Waals surface area contributed by atoms with Gasteiger partial charge in [0.15, 0.2) is 0 Å². The molecule has 0 spiro atoms. The molecule has 0 saturated carbocycles. The van der Waals surface area contributed by atoms with Crippen molar-refractivity contribution in [1.82, 2.24) is 9.29 Å². The van der Waals surface area contributed by atoms with E-state index in [1.54, 1.807) is 24.4 Å². The van der Waals surface area contributed by atoms with E-state index in [4.69, 9.17) is 0 Å². The van der Waals surface area contributed by atoms with Crippen LogP contribution in [0.25, 0.3) is 10.9 Å². The topological polar surface area (TPSA) is 79.4 Å². The minimum absolute atomic E-state index is 0.141. The third-order valence-corrected chi connectivity index (χ3v) is 7.36. The molecule has 1 amide bonds. The molecule has 1 saturated heterocycles. The van der Waals surface area contributed by atoms with Crippen molar-refractivity contribution >= 4 is 32.5 Å². The lowest BCUT2D eigenvalue weighted by atomic mass is 10.1. The molecule has 0 aliphatic carbocycles. The number of rotatable bonds is 4. The highest BCUT2D eigenvalue weighted by atomic mass is 32.2. The summed E-state index contributed by atoms with van der Waals surface area (Å²) in [6, 6.07) is 13.7. The summed E-state index contributed by atoms with van der Waals surface area (Å²) in [4.78, 5) is 17.5. The molecule has 2 heterocycles. The largest absolute Gasteiger partial charge is 0.324 e. The summed E-state index contributed by atoms with van der Waals surface area (Å²) in [5, 5.41) is 3.70. The van der Waals surface area contributed by atoms with Crippen LogP contribution < -0.4 is 5.32 Å². The Bertz CT molecular complexity index is 1170. The molecule has 7 heteroatoms. The number of pyridine rings is 1.